The van der Waals surface area contributed by atoms with Crippen molar-refractivity contribution in [2.45, 2.75) is 130 Å². The number of benzene rings is 2. The summed E-state index contributed by atoms with van der Waals surface area (Å²) in [6.45, 7) is 8.89. The molecule has 0 spiro atoms. The first-order valence-electron chi connectivity index (χ1n) is 19.0. The molecule has 0 aliphatic heterocycles. The van der Waals surface area contributed by atoms with Gasteiger partial charge in [0.25, 0.3) is 0 Å². The number of hydrogen-bond acceptors (Lipinski definition) is 2. The minimum Gasteiger partial charge on any atom is -0.872 e. The van der Waals surface area contributed by atoms with Crippen molar-refractivity contribution in [3.05, 3.63) is 156 Å². The average molecular weight is 853 g/mol. The van der Waals surface area contributed by atoms with Gasteiger partial charge in [-0.3, -0.25) is 24.3 Å². The van der Waals surface area contributed by atoms with Crippen LogP contribution in [0, 0.1) is 24.3 Å². The van der Waals surface area contributed by atoms with Gasteiger partial charge in [0.2, 0.25) is 0 Å². The van der Waals surface area contributed by atoms with Gasteiger partial charge in [0, 0.05) is 0 Å². The number of rotatable bonds is 12. The van der Waals surface area contributed by atoms with Crippen LogP contribution in [0.4, 0.5) is 0 Å². The summed E-state index contributed by atoms with van der Waals surface area (Å²) in [6.07, 6.45) is 50.1. The van der Waals surface area contributed by atoms with Crippen LogP contribution in [0.25, 0.3) is 0 Å². The Bertz CT molecular complexity index is 1170. The molecule has 0 N–H and O–H groups in total. The number of allylic oxidation sites excluding steroid dienone is 16. The van der Waals surface area contributed by atoms with E-state index in [9.17, 15) is 10.2 Å². The summed E-state index contributed by atoms with van der Waals surface area (Å²) in [5, 5.41) is 20.5. The van der Waals surface area contributed by atoms with Crippen molar-refractivity contribution in [2.24, 2.45) is 0 Å². The van der Waals surface area contributed by atoms with E-state index in [0.717, 1.165) is 25.7 Å². The fourth-order valence-electron chi connectivity index (χ4n) is 4.80. The minimum atomic E-state index is 0. The van der Waals surface area contributed by atoms with E-state index in [1.54, 1.807) is 24.3 Å². The van der Waals surface area contributed by atoms with E-state index < -0.39 is 0 Å². The van der Waals surface area contributed by atoms with Crippen molar-refractivity contribution in [1.82, 2.24) is 0 Å². The first-order valence-corrected chi connectivity index (χ1v) is 19.0. The first-order chi connectivity index (χ1) is 24.5. The third-order valence-electron chi connectivity index (χ3n) is 7.75. The predicted molar refractivity (Wildman–Crippen MR) is 212 cm³/mol. The summed E-state index contributed by atoms with van der Waals surface area (Å²) >= 11 is 0. The molecule has 4 heteroatoms. The summed E-state index contributed by atoms with van der Waals surface area (Å²) < 4.78 is 0. The van der Waals surface area contributed by atoms with Gasteiger partial charge in [0.05, 0.1) is 0 Å². The molecular formula is C48H62O2Zr2-2. The van der Waals surface area contributed by atoms with E-state index in [-0.39, 0.29) is 63.9 Å². The van der Waals surface area contributed by atoms with Crippen LogP contribution >= 0.6 is 0 Å². The second kappa shape index (κ2) is 38.5. The molecule has 2 aromatic carbocycles. The number of hydrogen-bond donors (Lipinski definition) is 0. The third kappa shape index (κ3) is 31.3. The maximum Gasteiger partial charge on any atom is 2.00 e. The van der Waals surface area contributed by atoms with Gasteiger partial charge >= 0.3 is 52.4 Å². The standard InChI is InChI=1S/4C9H13.2C6H6O.2Zr/c4*1-2-3-6-9-7-4-5-8-9;2*7-6-4-2-1-3-5-6;;/h4*4,7H,2-3,5-6H2,1H3;2*1-5,7H;;/q4*-1;;;2*+2/p-2. The molecule has 0 unspecified atom stereocenters. The Morgan fingerprint density at radius 3 is 0.769 bits per heavy atom. The van der Waals surface area contributed by atoms with Crippen molar-refractivity contribution in [1.29, 1.82) is 0 Å². The predicted octanol–water partition coefficient (Wildman–Crippen LogP) is 13.0. The molecule has 0 amide bonds. The summed E-state index contributed by atoms with van der Waals surface area (Å²) in [5.41, 5.74) is 5.66. The van der Waals surface area contributed by atoms with Crippen LogP contribution < -0.4 is 10.2 Å². The van der Waals surface area contributed by atoms with E-state index in [0.29, 0.717) is 0 Å². The topological polar surface area (TPSA) is 46.1 Å². The zero-order valence-electron chi connectivity index (χ0n) is 32.5. The summed E-state index contributed by atoms with van der Waals surface area (Å²) in [7, 11) is 0. The van der Waals surface area contributed by atoms with Crippen LogP contribution in [0.15, 0.2) is 132 Å². The average Bonchev–Trinajstić information content (AvgIpc) is 4.00. The van der Waals surface area contributed by atoms with E-state index in [1.807, 2.05) is 12.1 Å². The molecule has 0 radical (unpaired) electrons. The Kier molecular flexibility index (Phi) is 38.3. The molecule has 276 valence electrons. The van der Waals surface area contributed by atoms with Gasteiger partial charge in [-0.1, -0.05) is 165 Å². The Morgan fingerprint density at radius 1 is 0.404 bits per heavy atom. The van der Waals surface area contributed by atoms with Gasteiger partial charge < -0.3 is 10.2 Å². The molecule has 52 heavy (non-hydrogen) atoms. The smallest absolute Gasteiger partial charge is 0.872 e. The molecule has 4 aliphatic carbocycles. The van der Waals surface area contributed by atoms with Gasteiger partial charge in [-0.2, -0.15) is 24.3 Å². The van der Waals surface area contributed by atoms with Gasteiger partial charge in [0.15, 0.2) is 0 Å². The quantitative estimate of drug-likeness (QED) is 0.200. The van der Waals surface area contributed by atoms with Crippen molar-refractivity contribution in [2.75, 3.05) is 0 Å². The molecule has 4 aliphatic rings. The van der Waals surface area contributed by atoms with Crippen molar-refractivity contribution < 1.29 is 62.6 Å². The van der Waals surface area contributed by atoms with Crippen molar-refractivity contribution in [3.8, 4) is 11.5 Å². The van der Waals surface area contributed by atoms with Crippen LogP contribution in [-0.4, -0.2) is 0 Å². The molecule has 0 saturated heterocycles. The maximum atomic E-state index is 10.3. The van der Waals surface area contributed by atoms with Crippen LogP contribution in [0.1, 0.15) is 130 Å². The van der Waals surface area contributed by atoms with E-state index in [1.165, 1.54) is 124 Å². The van der Waals surface area contributed by atoms with E-state index >= 15 is 0 Å². The Hall–Kier alpha value is -2.27. The fraction of sp³-hybridized carbons (Fsp3) is 0.417. The van der Waals surface area contributed by atoms with Gasteiger partial charge in [0.1, 0.15) is 0 Å². The Morgan fingerprint density at radius 2 is 0.635 bits per heavy atom. The van der Waals surface area contributed by atoms with Crippen LogP contribution in [0.2, 0.25) is 0 Å². The SMILES string of the molecule is CCCCC1=[C-]CC=C1.CCCCC1=[C-]CC=C1.CCCCC1=[C-]CC=C1.CCCCC1=[C-]CC=C1.[O-]c1ccccc1.[O-]c1ccccc1.[Zr+2].[Zr+2]. The molecule has 2 nitrogen and oxygen atoms in total. The van der Waals surface area contributed by atoms with Crippen LogP contribution in [0.3, 0.4) is 0 Å². The Labute approximate surface area is 357 Å². The normalized spacial score (nSPS) is 13.6. The van der Waals surface area contributed by atoms with Gasteiger partial charge in [-0.05, 0) is 0 Å². The molecule has 6 rings (SSSR count). The molecule has 0 atom stereocenters. The largest absolute Gasteiger partial charge is 2.00 e. The van der Waals surface area contributed by atoms with Crippen molar-refractivity contribution in [3.63, 3.8) is 0 Å². The van der Waals surface area contributed by atoms with Crippen molar-refractivity contribution >= 4 is 0 Å². The summed E-state index contributed by atoms with van der Waals surface area (Å²) in [5.74, 6) is 0.144. The van der Waals surface area contributed by atoms with E-state index in [4.69, 9.17) is 0 Å². The van der Waals surface area contributed by atoms with Crippen LogP contribution in [-0.2, 0) is 52.4 Å². The minimum absolute atomic E-state index is 0. The molecule has 2 aromatic rings. The Balaban J connectivity index is 0. The zero-order valence-corrected chi connectivity index (χ0v) is 37.4. The van der Waals surface area contributed by atoms with Gasteiger partial charge in [-0.15, -0.1) is 37.2 Å². The molecule has 0 saturated carbocycles. The summed E-state index contributed by atoms with van der Waals surface area (Å²) in [6, 6.07) is 16.7. The molecule has 0 aromatic heterocycles. The molecular weight excluding hydrogens is 791 g/mol. The molecule has 0 heterocycles. The molecule has 0 fully saturated rings. The van der Waals surface area contributed by atoms with Gasteiger partial charge in [-0.25, -0.2) is 46.6 Å². The zero-order chi connectivity index (χ0) is 36.3. The second-order valence-electron chi connectivity index (χ2n) is 12.3. The number of para-hydroxylation sites is 2. The molecule has 0 bridgehead atoms. The fourth-order valence-corrected chi connectivity index (χ4v) is 4.80. The van der Waals surface area contributed by atoms with Crippen LogP contribution in [0.5, 0.6) is 11.5 Å². The second-order valence-corrected chi connectivity index (χ2v) is 12.3. The van der Waals surface area contributed by atoms with E-state index in [2.05, 4.69) is 101 Å². The maximum absolute atomic E-state index is 10.3. The first kappa shape index (κ1) is 51.8. The number of unbranched alkanes of at least 4 members (excludes halogenated alkanes) is 4. The monoisotopic (exact) mass is 850 g/mol. The third-order valence-corrected chi connectivity index (χ3v) is 7.75. The summed E-state index contributed by atoms with van der Waals surface area (Å²) in [4.78, 5) is 0.